The monoisotopic (exact) mass is 246 g/mol. The number of fused-ring (bicyclic) bond motifs is 1. The second kappa shape index (κ2) is 5.46. The van der Waals surface area contributed by atoms with E-state index < -0.39 is 0 Å². The lowest BCUT2D eigenvalue weighted by molar-refractivity contribution is -0.117. The van der Waals surface area contributed by atoms with Crippen LogP contribution in [0.5, 0.6) is 0 Å². The Labute approximate surface area is 104 Å². The number of hydrogen-bond acceptors (Lipinski definition) is 4. The number of benzene rings is 1. The summed E-state index contributed by atoms with van der Waals surface area (Å²) in [4.78, 5) is 15.6. The van der Waals surface area contributed by atoms with Gasteiger partial charge in [0.1, 0.15) is 5.52 Å². The van der Waals surface area contributed by atoms with Crippen molar-refractivity contribution in [2.45, 2.75) is 13.0 Å². The van der Waals surface area contributed by atoms with Gasteiger partial charge in [-0.1, -0.05) is 12.1 Å². The van der Waals surface area contributed by atoms with Gasteiger partial charge in [0.05, 0.1) is 6.61 Å². The molecule has 1 amide bonds. The summed E-state index contributed by atoms with van der Waals surface area (Å²) >= 11 is 0. The maximum Gasteiger partial charge on any atom is 0.244 e. The van der Waals surface area contributed by atoms with E-state index in [1.165, 1.54) is 12.2 Å². The van der Waals surface area contributed by atoms with Gasteiger partial charge >= 0.3 is 0 Å². The first-order valence-electron chi connectivity index (χ1n) is 5.64. The molecule has 18 heavy (non-hydrogen) atoms. The number of oxazole rings is 1. The third-order valence-electron chi connectivity index (χ3n) is 2.35. The summed E-state index contributed by atoms with van der Waals surface area (Å²) in [5, 5.41) is 11.4. The van der Waals surface area contributed by atoms with E-state index in [4.69, 9.17) is 9.52 Å². The molecule has 0 spiro atoms. The van der Waals surface area contributed by atoms with Crippen LogP contribution in [-0.2, 0) is 4.79 Å². The molecule has 94 valence electrons. The van der Waals surface area contributed by atoms with Crippen molar-refractivity contribution in [3.05, 3.63) is 36.2 Å². The first-order chi connectivity index (χ1) is 8.69. The van der Waals surface area contributed by atoms with Crippen LogP contribution in [0.3, 0.4) is 0 Å². The maximum absolute atomic E-state index is 11.4. The Morgan fingerprint density at radius 1 is 1.56 bits per heavy atom. The van der Waals surface area contributed by atoms with Gasteiger partial charge in [0.25, 0.3) is 0 Å². The minimum atomic E-state index is -0.293. The predicted octanol–water partition coefficient (Wildman–Crippen LogP) is 1.34. The predicted molar refractivity (Wildman–Crippen MR) is 67.7 cm³/mol. The highest BCUT2D eigenvalue weighted by molar-refractivity contribution is 5.91. The van der Waals surface area contributed by atoms with Crippen molar-refractivity contribution in [2.24, 2.45) is 0 Å². The van der Waals surface area contributed by atoms with Crippen molar-refractivity contribution in [1.29, 1.82) is 0 Å². The van der Waals surface area contributed by atoms with Gasteiger partial charge in [0.2, 0.25) is 11.8 Å². The molecule has 5 heteroatoms. The van der Waals surface area contributed by atoms with E-state index in [1.807, 2.05) is 24.3 Å². The Morgan fingerprint density at radius 3 is 3.06 bits per heavy atom. The molecule has 1 aromatic carbocycles. The fourth-order valence-corrected chi connectivity index (χ4v) is 1.44. The third kappa shape index (κ3) is 2.95. The molecule has 0 unspecified atom stereocenters. The van der Waals surface area contributed by atoms with E-state index in [0.29, 0.717) is 11.5 Å². The number of rotatable bonds is 4. The summed E-state index contributed by atoms with van der Waals surface area (Å²) < 4.78 is 5.42. The van der Waals surface area contributed by atoms with Crippen LogP contribution in [0.4, 0.5) is 0 Å². The summed E-state index contributed by atoms with van der Waals surface area (Å²) in [6, 6.07) is 7.10. The number of aliphatic hydroxyl groups is 1. The van der Waals surface area contributed by atoms with Crippen molar-refractivity contribution in [2.75, 3.05) is 6.61 Å². The zero-order chi connectivity index (χ0) is 13.0. The normalized spacial score (nSPS) is 13.0. The van der Waals surface area contributed by atoms with E-state index in [-0.39, 0.29) is 18.6 Å². The van der Waals surface area contributed by atoms with Crippen molar-refractivity contribution < 1.29 is 14.3 Å². The third-order valence-corrected chi connectivity index (χ3v) is 2.35. The standard InChI is InChI=1S/C13H14N2O3/c1-9(8-16)14-12(17)6-7-13-15-10-4-2-3-5-11(10)18-13/h2-7,9,16H,8H2,1H3,(H,14,17)/t9-/m0/s1. The van der Waals surface area contributed by atoms with Crippen LogP contribution in [0.1, 0.15) is 12.8 Å². The van der Waals surface area contributed by atoms with Gasteiger partial charge in [-0.2, -0.15) is 0 Å². The molecule has 0 saturated carbocycles. The molecule has 0 radical (unpaired) electrons. The molecule has 2 N–H and O–H groups in total. The summed E-state index contributed by atoms with van der Waals surface area (Å²) in [5.41, 5.74) is 1.43. The zero-order valence-corrected chi connectivity index (χ0v) is 9.96. The van der Waals surface area contributed by atoms with Crippen molar-refractivity contribution >= 4 is 23.1 Å². The molecule has 1 heterocycles. The lowest BCUT2D eigenvalue weighted by atomic mass is 10.3. The van der Waals surface area contributed by atoms with Crippen molar-refractivity contribution in [3.63, 3.8) is 0 Å². The fourth-order valence-electron chi connectivity index (χ4n) is 1.44. The number of nitrogens with zero attached hydrogens (tertiary/aromatic N) is 1. The van der Waals surface area contributed by atoms with Crippen LogP contribution in [0.15, 0.2) is 34.8 Å². The molecule has 0 aliphatic heterocycles. The molecular formula is C13H14N2O3. The second-order valence-corrected chi connectivity index (χ2v) is 3.95. The minimum Gasteiger partial charge on any atom is -0.437 e. The van der Waals surface area contributed by atoms with Crippen LogP contribution in [0.25, 0.3) is 17.2 Å². The molecular weight excluding hydrogens is 232 g/mol. The van der Waals surface area contributed by atoms with Gasteiger partial charge < -0.3 is 14.8 Å². The number of carbonyl (C=O) groups excluding carboxylic acids is 1. The smallest absolute Gasteiger partial charge is 0.244 e. The molecule has 0 bridgehead atoms. The highest BCUT2D eigenvalue weighted by Gasteiger charge is 2.04. The lowest BCUT2D eigenvalue weighted by Gasteiger charge is -2.07. The summed E-state index contributed by atoms with van der Waals surface area (Å²) in [5.74, 6) is 0.0850. The molecule has 2 rings (SSSR count). The quantitative estimate of drug-likeness (QED) is 0.798. The van der Waals surface area contributed by atoms with Crippen LogP contribution in [-0.4, -0.2) is 28.6 Å². The Balaban J connectivity index is 2.06. The zero-order valence-electron chi connectivity index (χ0n) is 9.96. The number of para-hydroxylation sites is 2. The second-order valence-electron chi connectivity index (χ2n) is 3.95. The van der Waals surface area contributed by atoms with Crippen molar-refractivity contribution in [1.82, 2.24) is 10.3 Å². The average molecular weight is 246 g/mol. The maximum atomic E-state index is 11.4. The van der Waals surface area contributed by atoms with E-state index in [1.54, 1.807) is 6.92 Å². The van der Waals surface area contributed by atoms with E-state index in [9.17, 15) is 4.79 Å². The minimum absolute atomic E-state index is 0.0948. The molecule has 0 saturated heterocycles. The molecule has 2 aromatic rings. The topological polar surface area (TPSA) is 75.4 Å². The van der Waals surface area contributed by atoms with E-state index in [2.05, 4.69) is 10.3 Å². The van der Waals surface area contributed by atoms with Gasteiger partial charge in [-0.3, -0.25) is 4.79 Å². The lowest BCUT2D eigenvalue weighted by Crippen LogP contribution is -2.33. The number of aliphatic hydroxyl groups excluding tert-OH is 1. The van der Waals surface area contributed by atoms with Gasteiger partial charge in [0, 0.05) is 18.2 Å². The van der Waals surface area contributed by atoms with Gasteiger partial charge in [-0.25, -0.2) is 4.98 Å². The van der Waals surface area contributed by atoms with Crippen LogP contribution >= 0.6 is 0 Å². The number of hydrogen-bond donors (Lipinski definition) is 2. The van der Waals surface area contributed by atoms with Crippen LogP contribution in [0.2, 0.25) is 0 Å². The highest BCUT2D eigenvalue weighted by Crippen LogP contribution is 2.15. The molecule has 0 aliphatic rings. The Morgan fingerprint density at radius 2 is 2.33 bits per heavy atom. The number of aromatic nitrogens is 1. The number of amides is 1. The Kier molecular flexibility index (Phi) is 3.74. The first-order valence-corrected chi connectivity index (χ1v) is 5.64. The largest absolute Gasteiger partial charge is 0.437 e. The Hall–Kier alpha value is -2.14. The molecule has 0 fully saturated rings. The van der Waals surface area contributed by atoms with Crippen LogP contribution in [0, 0.1) is 0 Å². The van der Waals surface area contributed by atoms with Crippen molar-refractivity contribution in [3.8, 4) is 0 Å². The van der Waals surface area contributed by atoms with Crippen LogP contribution < -0.4 is 5.32 Å². The highest BCUT2D eigenvalue weighted by atomic mass is 16.3. The van der Waals surface area contributed by atoms with Gasteiger partial charge in [0.15, 0.2) is 5.58 Å². The van der Waals surface area contributed by atoms with E-state index in [0.717, 1.165) is 5.52 Å². The summed E-state index contributed by atoms with van der Waals surface area (Å²) in [7, 11) is 0. The Bertz CT molecular complexity index is 541. The average Bonchev–Trinajstić information content (AvgIpc) is 2.79. The van der Waals surface area contributed by atoms with Gasteiger partial charge in [-0.05, 0) is 19.1 Å². The summed E-state index contributed by atoms with van der Waals surface area (Å²) in [6.07, 6.45) is 2.83. The molecule has 0 aliphatic carbocycles. The molecule has 1 atom stereocenters. The van der Waals surface area contributed by atoms with Gasteiger partial charge in [-0.15, -0.1) is 0 Å². The summed E-state index contributed by atoms with van der Waals surface area (Å²) in [6.45, 7) is 1.62. The first kappa shape index (κ1) is 12.3. The number of nitrogens with one attached hydrogen (secondary N) is 1. The SMILES string of the molecule is C[C@@H](CO)NC(=O)C=Cc1nc2ccccc2o1. The number of carbonyl (C=O) groups is 1. The molecule has 5 nitrogen and oxygen atoms in total. The fraction of sp³-hybridized carbons (Fsp3) is 0.231. The molecule has 1 aromatic heterocycles. The van der Waals surface area contributed by atoms with E-state index >= 15 is 0 Å².